The van der Waals surface area contributed by atoms with E-state index in [9.17, 15) is 9.90 Å². The third kappa shape index (κ3) is 3.02. The first-order valence-electron chi connectivity index (χ1n) is 4.78. The molecule has 1 rings (SSSR count). The van der Waals surface area contributed by atoms with Crippen molar-refractivity contribution in [3.63, 3.8) is 0 Å². The van der Waals surface area contributed by atoms with Gasteiger partial charge in [0.2, 0.25) is 0 Å². The van der Waals surface area contributed by atoms with Gasteiger partial charge in [0.15, 0.2) is 11.5 Å². The van der Waals surface area contributed by atoms with Gasteiger partial charge in [-0.3, -0.25) is 4.79 Å². The predicted octanol–water partition coefficient (Wildman–Crippen LogP) is 1.98. The fourth-order valence-electron chi connectivity index (χ4n) is 1.20. The Balaban J connectivity index is 2.77. The lowest BCUT2D eigenvalue weighted by Gasteiger charge is -2.04. The summed E-state index contributed by atoms with van der Waals surface area (Å²) in [6.45, 7) is 0. The summed E-state index contributed by atoms with van der Waals surface area (Å²) in [5.74, 6) is 0.143. The van der Waals surface area contributed by atoms with Crippen LogP contribution < -0.4 is 4.74 Å². The van der Waals surface area contributed by atoms with E-state index in [-0.39, 0.29) is 18.1 Å². The van der Waals surface area contributed by atoms with E-state index in [1.807, 2.05) is 0 Å². The van der Waals surface area contributed by atoms with Gasteiger partial charge in [-0.05, 0) is 6.07 Å². The second-order valence-electron chi connectivity index (χ2n) is 3.08. The molecule has 0 aliphatic carbocycles. The van der Waals surface area contributed by atoms with Gasteiger partial charge in [0.25, 0.3) is 0 Å². The van der Waals surface area contributed by atoms with Gasteiger partial charge in [-0.1, -0.05) is 24.3 Å². The molecule has 4 nitrogen and oxygen atoms in total. The van der Waals surface area contributed by atoms with E-state index in [2.05, 4.69) is 4.74 Å². The minimum Gasteiger partial charge on any atom is -0.504 e. The van der Waals surface area contributed by atoms with E-state index in [1.54, 1.807) is 30.4 Å². The van der Waals surface area contributed by atoms with Gasteiger partial charge in [-0.15, -0.1) is 0 Å². The number of esters is 1. The fourth-order valence-corrected chi connectivity index (χ4v) is 1.20. The van der Waals surface area contributed by atoms with Crippen molar-refractivity contribution in [2.24, 2.45) is 0 Å². The number of phenolic OH excluding ortho intramolecular Hbond substituents is 1. The molecule has 0 radical (unpaired) electrons. The number of methoxy groups -OCH3 is 2. The molecule has 0 aliphatic rings. The maximum Gasteiger partial charge on any atom is 0.309 e. The minimum absolute atomic E-state index is 0.0612. The van der Waals surface area contributed by atoms with Gasteiger partial charge in [0, 0.05) is 5.56 Å². The van der Waals surface area contributed by atoms with Crippen LogP contribution >= 0.6 is 0 Å². The van der Waals surface area contributed by atoms with Crippen molar-refractivity contribution >= 4 is 12.0 Å². The number of benzene rings is 1. The Bertz CT molecular complexity index is 396. The Hall–Kier alpha value is -1.97. The Morgan fingerprint density at radius 3 is 2.81 bits per heavy atom. The second kappa shape index (κ2) is 5.80. The van der Waals surface area contributed by atoms with Crippen molar-refractivity contribution in [1.82, 2.24) is 0 Å². The normalized spacial score (nSPS) is 10.4. The van der Waals surface area contributed by atoms with Crippen molar-refractivity contribution in [2.45, 2.75) is 6.42 Å². The molecule has 0 amide bonds. The third-order valence-electron chi connectivity index (χ3n) is 2.06. The summed E-state index contributed by atoms with van der Waals surface area (Å²) in [5.41, 5.74) is 0.600. The van der Waals surface area contributed by atoms with Crippen molar-refractivity contribution in [1.29, 1.82) is 0 Å². The van der Waals surface area contributed by atoms with Gasteiger partial charge < -0.3 is 14.6 Å². The van der Waals surface area contributed by atoms with E-state index >= 15 is 0 Å². The lowest BCUT2D eigenvalue weighted by molar-refractivity contribution is -0.139. The van der Waals surface area contributed by atoms with E-state index in [0.29, 0.717) is 11.3 Å². The highest BCUT2D eigenvalue weighted by Gasteiger charge is 2.04. The maximum atomic E-state index is 10.8. The lowest BCUT2D eigenvalue weighted by atomic mass is 10.1. The van der Waals surface area contributed by atoms with E-state index in [1.165, 1.54) is 14.2 Å². The largest absolute Gasteiger partial charge is 0.504 e. The van der Waals surface area contributed by atoms with Gasteiger partial charge in [0.1, 0.15) is 0 Å². The predicted molar refractivity (Wildman–Crippen MR) is 60.3 cm³/mol. The van der Waals surface area contributed by atoms with Crippen molar-refractivity contribution in [2.75, 3.05) is 14.2 Å². The summed E-state index contributed by atoms with van der Waals surface area (Å²) in [4.78, 5) is 10.8. The van der Waals surface area contributed by atoms with Crippen LogP contribution in [0.1, 0.15) is 12.0 Å². The first kappa shape index (κ1) is 12.1. The average molecular weight is 222 g/mol. The number of rotatable bonds is 4. The summed E-state index contributed by atoms with van der Waals surface area (Å²) in [6.07, 6.45) is 3.45. The number of hydrogen-bond donors (Lipinski definition) is 1. The molecule has 0 unspecified atom stereocenters. The van der Waals surface area contributed by atoms with Crippen LogP contribution in [-0.4, -0.2) is 25.3 Å². The molecular formula is C12H14O4. The van der Waals surface area contributed by atoms with Crippen LogP contribution in [0.15, 0.2) is 24.3 Å². The molecule has 0 heterocycles. The lowest BCUT2D eigenvalue weighted by Crippen LogP contribution is -1.96. The number of carbonyl (C=O) groups excluding carboxylic acids is 1. The summed E-state index contributed by atoms with van der Waals surface area (Å²) < 4.78 is 9.44. The Kier molecular flexibility index (Phi) is 4.39. The molecule has 0 bridgehead atoms. The zero-order valence-electron chi connectivity index (χ0n) is 9.27. The van der Waals surface area contributed by atoms with Crippen LogP contribution in [0.4, 0.5) is 0 Å². The van der Waals surface area contributed by atoms with E-state index in [4.69, 9.17) is 4.74 Å². The number of carbonyl (C=O) groups is 1. The topological polar surface area (TPSA) is 55.8 Å². The molecule has 1 aromatic carbocycles. The highest BCUT2D eigenvalue weighted by Crippen LogP contribution is 2.30. The smallest absolute Gasteiger partial charge is 0.309 e. The Labute approximate surface area is 94.1 Å². The SMILES string of the molecule is COC(=O)CC=Cc1cccc(OC)c1O. The zero-order chi connectivity index (χ0) is 12.0. The molecule has 16 heavy (non-hydrogen) atoms. The molecule has 1 N–H and O–H groups in total. The fraction of sp³-hybridized carbons (Fsp3) is 0.250. The van der Waals surface area contributed by atoms with Crippen molar-refractivity contribution < 1.29 is 19.4 Å². The summed E-state index contributed by atoms with van der Waals surface area (Å²) >= 11 is 0. The summed E-state index contributed by atoms with van der Waals surface area (Å²) in [5, 5.41) is 9.72. The van der Waals surface area contributed by atoms with Crippen LogP contribution in [0.3, 0.4) is 0 Å². The van der Waals surface area contributed by atoms with E-state index in [0.717, 1.165) is 0 Å². The number of aromatic hydroxyl groups is 1. The quantitative estimate of drug-likeness (QED) is 0.791. The van der Waals surface area contributed by atoms with Crippen LogP contribution in [0.5, 0.6) is 11.5 Å². The molecule has 86 valence electrons. The molecule has 1 aromatic rings. The zero-order valence-corrected chi connectivity index (χ0v) is 9.27. The van der Waals surface area contributed by atoms with Crippen molar-refractivity contribution in [3.8, 4) is 11.5 Å². The average Bonchev–Trinajstić information content (AvgIpc) is 2.31. The molecular weight excluding hydrogens is 208 g/mol. The highest BCUT2D eigenvalue weighted by molar-refractivity contribution is 5.73. The molecule has 4 heteroatoms. The Morgan fingerprint density at radius 2 is 2.19 bits per heavy atom. The van der Waals surface area contributed by atoms with Gasteiger partial charge in [0.05, 0.1) is 20.6 Å². The third-order valence-corrected chi connectivity index (χ3v) is 2.06. The van der Waals surface area contributed by atoms with Gasteiger partial charge in [-0.2, -0.15) is 0 Å². The second-order valence-corrected chi connectivity index (χ2v) is 3.08. The van der Waals surface area contributed by atoms with Crippen LogP contribution in [0.2, 0.25) is 0 Å². The summed E-state index contributed by atoms with van der Waals surface area (Å²) in [6, 6.07) is 5.15. The molecule has 0 spiro atoms. The minimum atomic E-state index is -0.321. The number of ether oxygens (including phenoxy) is 2. The van der Waals surface area contributed by atoms with Gasteiger partial charge >= 0.3 is 5.97 Å². The monoisotopic (exact) mass is 222 g/mol. The number of hydrogen-bond acceptors (Lipinski definition) is 4. The highest BCUT2D eigenvalue weighted by atomic mass is 16.5. The molecule has 0 saturated heterocycles. The van der Waals surface area contributed by atoms with Crippen LogP contribution in [0.25, 0.3) is 6.08 Å². The number of phenols is 1. The summed E-state index contributed by atoms with van der Waals surface area (Å²) in [7, 11) is 2.82. The standard InChI is InChI=1S/C12H14O4/c1-15-10-7-3-5-9(12(10)14)6-4-8-11(13)16-2/h3-7,14H,8H2,1-2H3. The van der Waals surface area contributed by atoms with E-state index < -0.39 is 0 Å². The maximum absolute atomic E-state index is 10.8. The molecule has 0 fully saturated rings. The molecule has 0 atom stereocenters. The van der Waals surface area contributed by atoms with Crippen molar-refractivity contribution in [3.05, 3.63) is 29.8 Å². The first-order chi connectivity index (χ1) is 7.69. The van der Waals surface area contributed by atoms with Crippen LogP contribution in [0, 0.1) is 0 Å². The number of para-hydroxylation sites is 1. The van der Waals surface area contributed by atoms with Gasteiger partial charge in [-0.25, -0.2) is 0 Å². The Morgan fingerprint density at radius 1 is 1.44 bits per heavy atom. The van der Waals surface area contributed by atoms with Crippen LogP contribution in [-0.2, 0) is 9.53 Å². The molecule has 0 saturated carbocycles. The molecule has 0 aliphatic heterocycles. The molecule has 0 aromatic heterocycles. The first-order valence-corrected chi connectivity index (χ1v) is 4.78.